The highest BCUT2D eigenvalue weighted by atomic mass is 19.4. The van der Waals surface area contributed by atoms with Crippen LogP contribution >= 0.6 is 0 Å². The number of ether oxygens (including phenoxy) is 1. The fourth-order valence-electron chi connectivity index (χ4n) is 1.29. The highest BCUT2D eigenvalue weighted by molar-refractivity contribution is 5.98. The second-order valence-corrected chi connectivity index (χ2v) is 3.19. The van der Waals surface area contributed by atoms with Crippen LogP contribution in [-0.2, 0) is 6.18 Å². The van der Waals surface area contributed by atoms with Crippen LogP contribution in [0.1, 0.15) is 29.3 Å². The third kappa shape index (κ3) is 2.53. The van der Waals surface area contributed by atoms with Gasteiger partial charge in [-0.05, 0) is 18.2 Å². The Morgan fingerprint density at radius 2 is 2.00 bits per heavy atom. The van der Waals surface area contributed by atoms with E-state index in [1.807, 2.05) is 0 Å². The smallest absolute Gasteiger partial charge is 0.416 e. The summed E-state index contributed by atoms with van der Waals surface area (Å²) in [4.78, 5) is 11.4. The zero-order chi connectivity index (χ0) is 12.3. The molecule has 0 saturated carbocycles. The number of methoxy groups -OCH3 is 1. The third-order valence-corrected chi connectivity index (χ3v) is 2.15. The molecule has 0 saturated heterocycles. The number of ketones is 1. The van der Waals surface area contributed by atoms with E-state index in [0.717, 1.165) is 18.2 Å². The van der Waals surface area contributed by atoms with Gasteiger partial charge < -0.3 is 4.74 Å². The molecule has 0 spiro atoms. The van der Waals surface area contributed by atoms with Gasteiger partial charge in [0.05, 0.1) is 18.2 Å². The van der Waals surface area contributed by atoms with E-state index in [1.165, 1.54) is 7.11 Å². The molecule has 0 N–H and O–H groups in total. The Morgan fingerprint density at radius 3 is 2.44 bits per heavy atom. The van der Waals surface area contributed by atoms with Crippen molar-refractivity contribution >= 4 is 5.78 Å². The first-order valence-electron chi connectivity index (χ1n) is 4.68. The molecule has 0 atom stereocenters. The summed E-state index contributed by atoms with van der Waals surface area (Å²) < 4.78 is 41.9. The molecule has 88 valence electrons. The average molecular weight is 232 g/mol. The first-order chi connectivity index (χ1) is 7.40. The summed E-state index contributed by atoms with van der Waals surface area (Å²) in [6, 6.07) is 2.86. The molecule has 5 heteroatoms. The van der Waals surface area contributed by atoms with Crippen LogP contribution in [0.25, 0.3) is 0 Å². The van der Waals surface area contributed by atoms with Crippen molar-refractivity contribution < 1.29 is 22.7 Å². The Kier molecular flexibility index (Phi) is 3.57. The lowest BCUT2D eigenvalue weighted by Gasteiger charge is -2.11. The van der Waals surface area contributed by atoms with Crippen molar-refractivity contribution in [3.05, 3.63) is 29.3 Å². The van der Waals surface area contributed by atoms with Gasteiger partial charge in [0, 0.05) is 6.42 Å². The first-order valence-corrected chi connectivity index (χ1v) is 4.68. The number of alkyl halides is 3. The maximum absolute atomic E-state index is 12.4. The lowest BCUT2D eigenvalue weighted by Crippen LogP contribution is -2.07. The second kappa shape index (κ2) is 4.55. The summed E-state index contributed by atoms with van der Waals surface area (Å²) in [6.45, 7) is 1.64. The predicted octanol–water partition coefficient (Wildman–Crippen LogP) is 3.31. The van der Waals surface area contributed by atoms with Crippen LogP contribution in [0, 0.1) is 0 Å². The Hall–Kier alpha value is -1.52. The molecule has 0 amide bonds. The molecule has 0 aliphatic rings. The number of carbonyl (C=O) groups excluding carboxylic acids is 1. The topological polar surface area (TPSA) is 26.3 Å². The van der Waals surface area contributed by atoms with Crippen molar-refractivity contribution in [3.8, 4) is 5.75 Å². The van der Waals surface area contributed by atoms with Crippen LogP contribution < -0.4 is 4.74 Å². The van der Waals surface area contributed by atoms with Gasteiger partial charge >= 0.3 is 6.18 Å². The van der Waals surface area contributed by atoms with Gasteiger partial charge in [-0.2, -0.15) is 13.2 Å². The zero-order valence-electron chi connectivity index (χ0n) is 8.89. The average Bonchev–Trinajstić information content (AvgIpc) is 2.26. The summed E-state index contributed by atoms with van der Waals surface area (Å²) >= 11 is 0. The van der Waals surface area contributed by atoms with Gasteiger partial charge in [0.1, 0.15) is 5.75 Å². The molecule has 16 heavy (non-hydrogen) atoms. The molecule has 0 unspecified atom stereocenters. The quantitative estimate of drug-likeness (QED) is 0.747. The second-order valence-electron chi connectivity index (χ2n) is 3.19. The first kappa shape index (κ1) is 12.5. The molecule has 1 aromatic rings. The van der Waals surface area contributed by atoms with Crippen molar-refractivity contribution in [3.63, 3.8) is 0 Å². The maximum Gasteiger partial charge on any atom is 0.416 e. The highest BCUT2D eigenvalue weighted by Gasteiger charge is 2.31. The van der Waals surface area contributed by atoms with Crippen molar-refractivity contribution in [1.82, 2.24) is 0 Å². The summed E-state index contributed by atoms with van der Waals surface area (Å²) in [7, 11) is 1.24. The number of carbonyl (C=O) groups is 1. The number of hydrogen-bond acceptors (Lipinski definition) is 2. The molecule has 0 bridgehead atoms. The van der Waals surface area contributed by atoms with Gasteiger partial charge in [0.25, 0.3) is 0 Å². The van der Waals surface area contributed by atoms with E-state index in [0.29, 0.717) is 0 Å². The fourth-order valence-corrected chi connectivity index (χ4v) is 1.29. The number of Topliss-reactive ketones (excluding diaryl/α,β-unsaturated/α-hetero) is 1. The third-order valence-electron chi connectivity index (χ3n) is 2.15. The summed E-state index contributed by atoms with van der Waals surface area (Å²) in [5.41, 5.74) is -0.644. The van der Waals surface area contributed by atoms with Crippen LogP contribution in [0.5, 0.6) is 5.75 Å². The lowest BCUT2D eigenvalue weighted by atomic mass is 10.0. The van der Waals surface area contributed by atoms with Crippen molar-refractivity contribution in [2.24, 2.45) is 0 Å². The number of hydrogen-bond donors (Lipinski definition) is 0. The molecule has 0 aliphatic carbocycles. The van der Waals surface area contributed by atoms with Crippen molar-refractivity contribution in [2.75, 3.05) is 7.11 Å². The molecular formula is C11H11F3O2. The van der Waals surface area contributed by atoms with E-state index in [1.54, 1.807) is 6.92 Å². The maximum atomic E-state index is 12.4. The lowest BCUT2D eigenvalue weighted by molar-refractivity contribution is -0.137. The molecule has 1 rings (SSSR count). The molecular weight excluding hydrogens is 221 g/mol. The van der Waals surface area contributed by atoms with Crippen LogP contribution in [0.4, 0.5) is 13.2 Å². The molecule has 0 heterocycles. The van der Waals surface area contributed by atoms with Crippen LogP contribution in [0.15, 0.2) is 18.2 Å². The van der Waals surface area contributed by atoms with Gasteiger partial charge in [-0.3, -0.25) is 4.79 Å². The van der Waals surface area contributed by atoms with Crippen LogP contribution in [0.2, 0.25) is 0 Å². The normalized spacial score (nSPS) is 11.3. The zero-order valence-corrected chi connectivity index (χ0v) is 8.89. The van der Waals surface area contributed by atoms with Gasteiger partial charge in [0.2, 0.25) is 0 Å². The van der Waals surface area contributed by atoms with E-state index in [2.05, 4.69) is 0 Å². The minimum absolute atomic E-state index is 0.0401. The number of halogens is 3. The van der Waals surface area contributed by atoms with E-state index < -0.39 is 11.7 Å². The molecule has 0 aromatic heterocycles. The van der Waals surface area contributed by atoms with Crippen LogP contribution in [0.3, 0.4) is 0 Å². The van der Waals surface area contributed by atoms with E-state index >= 15 is 0 Å². The van der Waals surface area contributed by atoms with Crippen molar-refractivity contribution in [1.29, 1.82) is 0 Å². The van der Waals surface area contributed by atoms with Crippen molar-refractivity contribution in [2.45, 2.75) is 19.5 Å². The van der Waals surface area contributed by atoms with Gasteiger partial charge in [-0.15, -0.1) is 0 Å². The number of rotatable bonds is 3. The molecule has 1 aromatic carbocycles. The summed E-state index contributed by atoms with van der Waals surface area (Å²) in [5, 5.41) is 0. The van der Waals surface area contributed by atoms with Gasteiger partial charge in [0.15, 0.2) is 5.78 Å². The Balaban J connectivity index is 3.22. The Labute approximate surface area is 91.0 Å². The molecule has 0 fully saturated rings. The summed E-state index contributed by atoms with van der Waals surface area (Å²) in [5.74, 6) is -0.285. The minimum atomic E-state index is -4.43. The van der Waals surface area contributed by atoms with Gasteiger partial charge in [-0.25, -0.2) is 0 Å². The predicted molar refractivity (Wildman–Crippen MR) is 52.6 cm³/mol. The number of benzene rings is 1. The minimum Gasteiger partial charge on any atom is -0.496 e. The molecule has 0 radical (unpaired) electrons. The summed E-state index contributed by atoms with van der Waals surface area (Å²) in [6.07, 6.45) is -4.21. The molecule has 0 aliphatic heterocycles. The standard InChI is InChI=1S/C11H11F3O2/c1-3-9(15)8-5-4-7(11(12,13)14)6-10(8)16-2/h4-6H,3H2,1-2H3. The van der Waals surface area contributed by atoms with E-state index in [-0.39, 0.29) is 23.5 Å². The van der Waals surface area contributed by atoms with E-state index in [9.17, 15) is 18.0 Å². The Morgan fingerprint density at radius 1 is 1.38 bits per heavy atom. The fraction of sp³-hybridized carbons (Fsp3) is 0.364. The molecule has 2 nitrogen and oxygen atoms in total. The Bertz CT molecular complexity index is 397. The van der Waals surface area contributed by atoms with Crippen LogP contribution in [-0.4, -0.2) is 12.9 Å². The SMILES string of the molecule is CCC(=O)c1ccc(C(F)(F)F)cc1OC. The van der Waals surface area contributed by atoms with E-state index in [4.69, 9.17) is 4.74 Å². The monoisotopic (exact) mass is 232 g/mol. The highest BCUT2D eigenvalue weighted by Crippen LogP contribution is 2.33. The van der Waals surface area contributed by atoms with Gasteiger partial charge in [-0.1, -0.05) is 6.92 Å². The largest absolute Gasteiger partial charge is 0.496 e.